The van der Waals surface area contributed by atoms with Gasteiger partial charge in [-0.1, -0.05) is 0 Å². The van der Waals surface area contributed by atoms with Crippen LogP contribution in [0.4, 0.5) is 4.39 Å². The third-order valence-corrected chi connectivity index (χ3v) is 4.75. The summed E-state index contributed by atoms with van der Waals surface area (Å²) in [5.41, 5.74) is 2.45. The van der Waals surface area contributed by atoms with E-state index in [0.29, 0.717) is 22.4 Å². The van der Waals surface area contributed by atoms with Gasteiger partial charge in [0.15, 0.2) is 0 Å². The number of benzene rings is 1. The zero-order valence-corrected chi connectivity index (χ0v) is 13.7. The lowest BCUT2D eigenvalue weighted by Gasteiger charge is -2.05. The molecule has 0 N–H and O–H groups in total. The average molecular weight is 375 g/mol. The summed E-state index contributed by atoms with van der Waals surface area (Å²) in [6.07, 6.45) is 0. The molecule has 0 bridgehead atoms. The summed E-state index contributed by atoms with van der Waals surface area (Å²) < 4.78 is 16.0. The van der Waals surface area contributed by atoms with Gasteiger partial charge in [-0.2, -0.15) is 0 Å². The molecular formula is C13H10BrClFN3S. The molecule has 0 amide bonds. The van der Waals surface area contributed by atoms with Crippen LogP contribution in [0.5, 0.6) is 0 Å². The van der Waals surface area contributed by atoms with E-state index in [2.05, 4.69) is 25.9 Å². The van der Waals surface area contributed by atoms with Crippen LogP contribution in [-0.4, -0.2) is 14.5 Å². The van der Waals surface area contributed by atoms with Crippen LogP contribution in [-0.2, 0) is 12.4 Å². The van der Waals surface area contributed by atoms with E-state index in [-0.39, 0.29) is 11.7 Å². The number of aryl methyl sites for hydroxylation is 1. The number of halogens is 3. The Labute approximate surface area is 132 Å². The summed E-state index contributed by atoms with van der Waals surface area (Å²) in [5.74, 6) is 0.665. The highest BCUT2D eigenvalue weighted by Crippen LogP contribution is 2.26. The zero-order valence-electron chi connectivity index (χ0n) is 10.5. The topological polar surface area (TPSA) is 30.7 Å². The van der Waals surface area contributed by atoms with Gasteiger partial charge in [0.2, 0.25) is 0 Å². The second-order valence-electron chi connectivity index (χ2n) is 4.39. The minimum Gasteiger partial charge on any atom is -0.320 e. The van der Waals surface area contributed by atoms with Gasteiger partial charge in [-0.05, 0) is 28.9 Å². The van der Waals surface area contributed by atoms with Crippen LogP contribution in [0.3, 0.4) is 0 Å². The smallest absolute Gasteiger partial charge is 0.139 e. The fraction of sp³-hybridized carbons (Fsp3) is 0.231. The molecule has 0 unspecified atom stereocenters. The lowest BCUT2D eigenvalue weighted by Crippen LogP contribution is -2.03. The first-order valence-corrected chi connectivity index (χ1v) is 8.10. The molecule has 3 rings (SSSR count). The molecule has 1 aromatic carbocycles. The Bertz CT molecular complexity index is 783. The summed E-state index contributed by atoms with van der Waals surface area (Å²) in [6, 6.07) is 3.15. The summed E-state index contributed by atoms with van der Waals surface area (Å²) >= 11 is 10.8. The van der Waals surface area contributed by atoms with Crippen molar-refractivity contribution in [3.8, 4) is 0 Å². The zero-order chi connectivity index (χ0) is 14.3. The van der Waals surface area contributed by atoms with Crippen LogP contribution in [0, 0.1) is 12.7 Å². The number of imidazole rings is 1. The third-order valence-electron chi connectivity index (χ3n) is 2.95. The van der Waals surface area contributed by atoms with Gasteiger partial charge in [-0.3, -0.25) is 0 Å². The molecule has 104 valence electrons. The van der Waals surface area contributed by atoms with Gasteiger partial charge in [-0.25, -0.2) is 14.4 Å². The summed E-state index contributed by atoms with van der Waals surface area (Å²) in [4.78, 5) is 8.83. The predicted molar refractivity (Wildman–Crippen MR) is 82.9 cm³/mol. The lowest BCUT2D eigenvalue weighted by atomic mass is 10.3. The van der Waals surface area contributed by atoms with Crippen LogP contribution >= 0.6 is 38.9 Å². The second-order valence-corrected chi connectivity index (χ2v) is 6.45. The molecule has 2 aromatic heterocycles. The predicted octanol–water partition coefficient (Wildman–Crippen LogP) is 4.49. The molecule has 0 saturated carbocycles. The van der Waals surface area contributed by atoms with E-state index < -0.39 is 0 Å². The number of alkyl halides is 1. The van der Waals surface area contributed by atoms with E-state index >= 15 is 0 Å². The van der Waals surface area contributed by atoms with Gasteiger partial charge in [0, 0.05) is 17.1 Å². The number of nitrogens with zero attached hydrogens (tertiary/aromatic N) is 3. The van der Waals surface area contributed by atoms with Crippen LogP contribution in [0.15, 0.2) is 22.0 Å². The van der Waals surface area contributed by atoms with Crippen LogP contribution in [0.2, 0.25) is 0 Å². The molecule has 0 aliphatic heterocycles. The van der Waals surface area contributed by atoms with Gasteiger partial charge < -0.3 is 4.57 Å². The van der Waals surface area contributed by atoms with E-state index in [1.165, 1.54) is 6.07 Å². The molecule has 0 atom stereocenters. The Kier molecular flexibility index (Phi) is 3.79. The van der Waals surface area contributed by atoms with Crippen molar-refractivity contribution in [2.75, 3.05) is 0 Å². The Balaban J connectivity index is 2.14. The monoisotopic (exact) mass is 373 g/mol. The van der Waals surface area contributed by atoms with E-state index in [1.807, 2.05) is 16.9 Å². The Hall–Kier alpha value is -0.980. The van der Waals surface area contributed by atoms with Crippen LogP contribution in [0.1, 0.15) is 16.5 Å². The average Bonchev–Trinajstić information content (AvgIpc) is 2.96. The molecule has 0 aliphatic carbocycles. The van der Waals surface area contributed by atoms with Crippen molar-refractivity contribution in [3.05, 3.63) is 44.3 Å². The van der Waals surface area contributed by atoms with E-state index in [4.69, 9.17) is 11.6 Å². The first-order chi connectivity index (χ1) is 9.58. The largest absolute Gasteiger partial charge is 0.320 e. The maximum Gasteiger partial charge on any atom is 0.139 e. The van der Waals surface area contributed by atoms with Crippen molar-refractivity contribution in [3.63, 3.8) is 0 Å². The number of hydrogen-bond acceptors (Lipinski definition) is 3. The van der Waals surface area contributed by atoms with Crippen molar-refractivity contribution in [1.29, 1.82) is 0 Å². The number of hydrogen-bond donors (Lipinski definition) is 0. The molecule has 0 radical (unpaired) electrons. The number of fused-ring (bicyclic) bond motifs is 1. The van der Waals surface area contributed by atoms with Crippen LogP contribution in [0.25, 0.3) is 11.0 Å². The highest BCUT2D eigenvalue weighted by atomic mass is 79.9. The van der Waals surface area contributed by atoms with E-state index in [1.54, 1.807) is 17.4 Å². The molecule has 3 aromatic rings. The molecule has 7 heteroatoms. The van der Waals surface area contributed by atoms with Crippen molar-refractivity contribution in [2.45, 2.75) is 19.3 Å². The Morgan fingerprint density at radius 2 is 2.20 bits per heavy atom. The van der Waals surface area contributed by atoms with E-state index in [0.717, 1.165) is 16.2 Å². The van der Waals surface area contributed by atoms with Gasteiger partial charge in [0.05, 0.1) is 27.9 Å². The standard InChI is InChI=1S/C13H10BrClFN3S/c1-7-6-20-13(17-7)5-19-11-2-8(14)9(16)3-10(11)18-12(19)4-15/h2-3,6H,4-5H2,1H3. The van der Waals surface area contributed by atoms with Crippen LogP contribution < -0.4 is 0 Å². The van der Waals surface area contributed by atoms with E-state index in [9.17, 15) is 4.39 Å². The maximum absolute atomic E-state index is 13.6. The molecule has 0 saturated heterocycles. The minimum absolute atomic E-state index is 0.276. The van der Waals surface area contributed by atoms with Gasteiger partial charge >= 0.3 is 0 Å². The van der Waals surface area contributed by atoms with Gasteiger partial charge in [0.1, 0.15) is 16.6 Å². The Morgan fingerprint density at radius 1 is 1.40 bits per heavy atom. The Morgan fingerprint density at radius 3 is 2.85 bits per heavy atom. The molecule has 0 aliphatic rings. The van der Waals surface area contributed by atoms with Crippen molar-refractivity contribution in [1.82, 2.24) is 14.5 Å². The fourth-order valence-corrected chi connectivity index (χ4v) is 3.35. The summed E-state index contributed by atoms with van der Waals surface area (Å²) in [6.45, 7) is 2.55. The van der Waals surface area contributed by atoms with Gasteiger partial charge in [0.25, 0.3) is 0 Å². The quantitative estimate of drug-likeness (QED) is 0.632. The first-order valence-electron chi connectivity index (χ1n) is 5.89. The fourth-order valence-electron chi connectivity index (χ4n) is 2.06. The summed E-state index contributed by atoms with van der Waals surface area (Å²) in [5, 5.41) is 2.98. The first kappa shape index (κ1) is 14.0. The second kappa shape index (κ2) is 5.42. The highest BCUT2D eigenvalue weighted by molar-refractivity contribution is 9.10. The summed E-state index contributed by atoms with van der Waals surface area (Å²) in [7, 11) is 0. The highest BCUT2D eigenvalue weighted by Gasteiger charge is 2.14. The van der Waals surface area contributed by atoms with Crippen molar-refractivity contribution >= 4 is 49.9 Å². The lowest BCUT2D eigenvalue weighted by molar-refractivity contribution is 0.622. The number of aromatic nitrogens is 3. The third kappa shape index (κ3) is 2.47. The molecule has 0 spiro atoms. The number of thiazole rings is 1. The normalized spacial score (nSPS) is 11.4. The molecule has 0 fully saturated rings. The molecule has 3 nitrogen and oxygen atoms in total. The van der Waals surface area contributed by atoms with Crippen molar-refractivity contribution in [2.24, 2.45) is 0 Å². The molecule has 2 heterocycles. The maximum atomic E-state index is 13.6. The van der Waals surface area contributed by atoms with Gasteiger partial charge in [-0.15, -0.1) is 22.9 Å². The van der Waals surface area contributed by atoms with Crippen molar-refractivity contribution < 1.29 is 4.39 Å². The molecular weight excluding hydrogens is 365 g/mol. The minimum atomic E-state index is -0.326. The SMILES string of the molecule is Cc1csc(Cn2c(CCl)nc3cc(F)c(Br)cc32)n1. The molecule has 20 heavy (non-hydrogen) atoms. The number of rotatable bonds is 3.